The van der Waals surface area contributed by atoms with E-state index in [0.29, 0.717) is 17.8 Å². The van der Waals surface area contributed by atoms with Crippen LogP contribution in [0.5, 0.6) is 0 Å². The molecule has 1 atom stereocenters. The number of nitrogen functional groups attached to an aromatic ring is 1. The van der Waals surface area contributed by atoms with Crippen molar-refractivity contribution in [2.45, 2.75) is 6.10 Å². The lowest BCUT2D eigenvalue weighted by Crippen LogP contribution is -2.41. The first-order chi connectivity index (χ1) is 8.08. The van der Waals surface area contributed by atoms with Crippen molar-refractivity contribution >= 4 is 11.8 Å². The highest BCUT2D eigenvalue weighted by molar-refractivity contribution is 5.65. The number of morpholine rings is 1. The van der Waals surface area contributed by atoms with E-state index in [1.807, 2.05) is 0 Å². The summed E-state index contributed by atoms with van der Waals surface area (Å²) in [7, 11) is 0. The highest BCUT2D eigenvalue weighted by Crippen LogP contribution is 2.25. The fourth-order valence-electron chi connectivity index (χ4n) is 1.82. The van der Waals surface area contributed by atoms with Crippen molar-refractivity contribution in [2.24, 2.45) is 0 Å². The van der Waals surface area contributed by atoms with Crippen molar-refractivity contribution in [3.05, 3.63) is 29.6 Å². The number of halogens is 1. The van der Waals surface area contributed by atoms with Crippen LogP contribution < -0.4 is 5.73 Å². The molecule has 17 heavy (non-hydrogen) atoms. The van der Waals surface area contributed by atoms with Gasteiger partial charge < -0.3 is 20.5 Å². The summed E-state index contributed by atoms with van der Waals surface area (Å²) in [4.78, 5) is 12.0. The molecule has 1 aliphatic rings. The molecule has 1 aromatic carbocycles. The van der Waals surface area contributed by atoms with Crippen LogP contribution in [-0.4, -0.2) is 35.8 Å². The van der Waals surface area contributed by atoms with Gasteiger partial charge in [0.05, 0.1) is 13.2 Å². The number of hydrogen-bond acceptors (Lipinski definition) is 3. The van der Waals surface area contributed by atoms with E-state index in [2.05, 4.69) is 0 Å². The largest absolute Gasteiger partial charge is 0.465 e. The third-order valence-corrected chi connectivity index (χ3v) is 2.71. The smallest absolute Gasteiger partial charge is 0.407 e. The van der Waals surface area contributed by atoms with Gasteiger partial charge in [-0.15, -0.1) is 0 Å². The molecule has 1 heterocycles. The van der Waals surface area contributed by atoms with Crippen molar-refractivity contribution in [1.82, 2.24) is 4.90 Å². The Hall–Kier alpha value is -1.82. The Labute approximate surface area is 97.6 Å². The molecule has 1 amide bonds. The van der Waals surface area contributed by atoms with Gasteiger partial charge in [0.15, 0.2) is 0 Å². The molecule has 5 nitrogen and oxygen atoms in total. The second kappa shape index (κ2) is 4.58. The lowest BCUT2D eigenvalue weighted by molar-refractivity contribution is -0.0247. The fraction of sp³-hybridized carbons (Fsp3) is 0.364. The molecule has 3 N–H and O–H groups in total. The lowest BCUT2D eigenvalue weighted by Gasteiger charge is -2.31. The Kier molecular flexibility index (Phi) is 3.14. The van der Waals surface area contributed by atoms with Gasteiger partial charge in [0.1, 0.15) is 11.9 Å². The maximum atomic E-state index is 13.6. The summed E-state index contributed by atoms with van der Waals surface area (Å²) in [6.45, 7) is 0.708. The average molecular weight is 240 g/mol. The number of carbonyl (C=O) groups is 1. The maximum absolute atomic E-state index is 13.6. The van der Waals surface area contributed by atoms with Crippen molar-refractivity contribution in [3.8, 4) is 0 Å². The first-order valence-electron chi connectivity index (χ1n) is 5.22. The normalized spacial score (nSPS) is 20.3. The van der Waals surface area contributed by atoms with Gasteiger partial charge in [-0.25, -0.2) is 9.18 Å². The Morgan fingerprint density at radius 1 is 1.59 bits per heavy atom. The first-order valence-corrected chi connectivity index (χ1v) is 5.22. The molecule has 2 rings (SSSR count). The maximum Gasteiger partial charge on any atom is 0.407 e. The molecule has 0 radical (unpaired) electrons. The van der Waals surface area contributed by atoms with Crippen LogP contribution in [0.3, 0.4) is 0 Å². The molecule has 0 spiro atoms. The van der Waals surface area contributed by atoms with Gasteiger partial charge in [-0.2, -0.15) is 0 Å². The topological polar surface area (TPSA) is 75.8 Å². The predicted octanol–water partition coefficient (Wildman–Crippen LogP) is 1.46. The molecule has 0 saturated carbocycles. The van der Waals surface area contributed by atoms with Crippen LogP contribution in [0.2, 0.25) is 0 Å². The molecule has 0 bridgehead atoms. The molecule has 0 aliphatic carbocycles. The van der Waals surface area contributed by atoms with Crippen LogP contribution >= 0.6 is 0 Å². The van der Waals surface area contributed by atoms with E-state index in [4.69, 9.17) is 15.6 Å². The summed E-state index contributed by atoms with van der Waals surface area (Å²) in [6.07, 6.45) is -1.59. The highest BCUT2D eigenvalue weighted by atomic mass is 19.1. The number of hydrogen-bond donors (Lipinski definition) is 2. The minimum Gasteiger partial charge on any atom is -0.465 e. The monoisotopic (exact) mass is 240 g/mol. The molecule has 1 saturated heterocycles. The molecule has 92 valence electrons. The van der Waals surface area contributed by atoms with E-state index in [0.717, 1.165) is 0 Å². The Morgan fingerprint density at radius 3 is 3.00 bits per heavy atom. The summed E-state index contributed by atoms with van der Waals surface area (Å²) >= 11 is 0. The second-order valence-electron chi connectivity index (χ2n) is 3.87. The predicted molar refractivity (Wildman–Crippen MR) is 59.1 cm³/mol. The lowest BCUT2D eigenvalue weighted by atomic mass is 10.1. The standard InChI is InChI=1S/C11H13FN2O3/c12-9-5-7(13)1-2-8(9)10-6-14(11(15)16)3-4-17-10/h1-2,5,10H,3-4,6,13H2,(H,15,16). The molecule has 1 aromatic rings. The van der Waals surface area contributed by atoms with Gasteiger partial charge in [-0.1, -0.05) is 6.07 Å². The van der Waals surface area contributed by atoms with Crippen LogP contribution in [0.1, 0.15) is 11.7 Å². The van der Waals surface area contributed by atoms with E-state index in [1.165, 1.54) is 17.0 Å². The second-order valence-corrected chi connectivity index (χ2v) is 3.87. The Morgan fingerprint density at radius 2 is 2.35 bits per heavy atom. The molecule has 1 fully saturated rings. The zero-order valence-corrected chi connectivity index (χ0v) is 9.10. The van der Waals surface area contributed by atoms with Gasteiger partial charge in [-0.05, 0) is 12.1 Å². The number of anilines is 1. The summed E-state index contributed by atoms with van der Waals surface area (Å²) in [6, 6.07) is 4.31. The number of nitrogens with zero attached hydrogens (tertiary/aromatic N) is 1. The van der Waals surface area contributed by atoms with Crippen LogP contribution in [-0.2, 0) is 4.74 Å². The third kappa shape index (κ3) is 2.47. The Balaban J connectivity index is 2.19. The van der Waals surface area contributed by atoms with Crippen molar-refractivity contribution in [2.75, 3.05) is 25.4 Å². The third-order valence-electron chi connectivity index (χ3n) is 2.71. The summed E-state index contributed by atoms with van der Waals surface area (Å²) < 4.78 is 19.0. The van der Waals surface area contributed by atoms with E-state index < -0.39 is 18.0 Å². The molecule has 1 aliphatic heterocycles. The number of amides is 1. The van der Waals surface area contributed by atoms with Gasteiger partial charge in [0.25, 0.3) is 0 Å². The number of benzene rings is 1. The van der Waals surface area contributed by atoms with Crippen molar-refractivity contribution in [3.63, 3.8) is 0 Å². The number of ether oxygens (including phenoxy) is 1. The highest BCUT2D eigenvalue weighted by Gasteiger charge is 2.26. The summed E-state index contributed by atoms with van der Waals surface area (Å²) in [5.41, 5.74) is 6.12. The minimum atomic E-state index is -1.02. The Bertz CT molecular complexity index is 439. The molecule has 6 heteroatoms. The van der Waals surface area contributed by atoms with E-state index in [-0.39, 0.29) is 13.2 Å². The van der Waals surface area contributed by atoms with Gasteiger partial charge in [0.2, 0.25) is 0 Å². The first kappa shape index (κ1) is 11.7. The minimum absolute atomic E-state index is 0.135. The van der Waals surface area contributed by atoms with Gasteiger partial charge >= 0.3 is 6.09 Å². The van der Waals surface area contributed by atoms with Crippen molar-refractivity contribution < 1.29 is 19.0 Å². The summed E-state index contributed by atoms with van der Waals surface area (Å²) in [5, 5.41) is 8.87. The van der Waals surface area contributed by atoms with E-state index in [1.54, 1.807) is 6.07 Å². The fourth-order valence-corrected chi connectivity index (χ4v) is 1.82. The van der Waals surface area contributed by atoms with Crippen LogP contribution in [0, 0.1) is 5.82 Å². The van der Waals surface area contributed by atoms with E-state index >= 15 is 0 Å². The zero-order valence-electron chi connectivity index (χ0n) is 9.10. The van der Waals surface area contributed by atoms with Crippen LogP contribution in [0.4, 0.5) is 14.9 Å². The SMILES string of the molecule is Nc1ccc(C2CN(C(=O)O)CCO2)c(F)c1. The van der Waals surface area contributed by atoms with Crippen LogP contribution in [0.15, 0.2) is 18.2 Å². The van der Waals surface area contributed by atoms with E-state index in [9.17, 15) is 9.18 Å². The molecular weight excluding hydrogens is 227 g/mol. The molecule has 0 aromatic heterocycles. The zero-order chi connectivity index (χ0) is 12.4. The van der Waals surface area contributed by atoms with Crippen LogP contribution in [0.25, 0.3) is 0 Å². The number of rotatable bonds is 1. The molecule has 1 unspecified atom stereocenters. The number of carboxylic acid groups (broad SMARTS) is 1. The number of nitrogens with two attached hydrogens (primary N) is 1. The quantitative estimate of drug-likeness (QED) is 0.728. The molecular formula is C11H13FN2O3. The van der Waals surface area contributed by atoms with Gasteiger partial charge in [-0.3, -0.25) is 0 Å². The average Bonchev–Trinajstić information content (AvgIpc) is 2.29. The summed E-state index contributed by atoms with van der Waals surface area (Å²) in [5.74, 6) is -0.470. The van der Waals surface area contributed by atoms with Gasteiger partial charge in [0, 0.05) is 17.8 Å². The van der Waals surface area contributed by atoms with Crippen molar-refractivity contribution in [1.29, 1.82) is 0 Å².